The maximum absolute atomic E-state index is 12.2. The van der Waals surface area contributed by atoms with Gasteiger partial charge in [0.25, 0.3) is 0 Å². The number of carbonyl (C=O) groups excluding carboxylic acids is 1. The molecular formula is C21H23N5O2. The van der Waals surface area contributed by atoms with Gasteiger partial charge < -0.3 is 15.4 Å². The average molecular weight is 377 g/mol. The van der Waals surface area contributed by atoms with Gasteiger partial charge in [-0.2, -0.15) is 0 Å². The Morgan fingerprint density at radius 2 is 1.86 bits per heavy atom. The molecule has 1 aromatic carbocycles. The highest BCUT2D eigenvalue weighted by molar-refractivity contribution is 5.76. The summed E-state index contributed by atoms with van der Waals surface area (Å²) < 4.78 is 5.80. The van der Waals surface area contributed by atoms with Crippen LogP contribution in [0.15, 0.2) is 67.1 Å². The molecule has 1 unspecified atom stereocenters. The monoisotopic (exact) mass is 377 g/mol. The zero-order valence-electron chi connectivity index (χ0n) is 15.7. The molecule has 2 heterocycles. The van der Waals surface area contributed by atoms with Gasteiger partial charge in [0, 0.05) is 31.6 Å². The number of nitrogens with one attached hydrogen (secondary N) is 2. The summed E-state index contributed by atoms with van der Waals surface area (Å²) in [4.78, 5) is 24.5. The Hall–Kier alpha value is -3.48. The fourth-order valence-electron chi connectivity index (χ4n) is 2.59. The van der Waals surface area contributed by atoms with Crippen LogP contribution in [-0.4, -0.2) is 27.4 Å². The van der Waals surface area contributed by atoms with Crippen LogP contribution in [0, 0.1) is 0 Å². The maximum atomic E-state index is 12.2. The van der Waals surface area contributed by atoms with Crippen molar-refractivity contribution < 1.29 is 9.53 Å². The van der Waals surface area contributed by atoms with E-state index < -0.39 is 0 Å². The van der Waals surface area contributed by atoms with Crippen LogP contribution in [0.2, 0.25) is 0 Å². The molecule has 1 amide bonds. The fourth-order valence-corrected chi connectivity index (χ4v) is 2.59. The van der Waals surface area contributed by atoms with Crippen molar-refractivity contribution in [2.45, 2.75) is 26.0 Å². The third-order valence-electron chi connectivity index (χ3n) is 4.05. The third-order valence-corrected chi connectivity index (χ3v) is 4.05. The number of carbonyl (C=O) groups is 1. The first-order chi connectivity index (χ1) is 13.7. The molecule has 7 nitrogen and oxygen atoms in total. The zero-order valence-corrected chi connectivity index (χ0v) is 15.7. The van der Waals surface area contributed by atoms with E-state index in [1.807, 2.05) is 49.4 Å². The van der Waals surface area contributed by atoms with Gasteiger partial charge in [-0.05, 0) is 42.8 Å². The van der Waals surface area contributed by atoms with Crippen molar-refractivity contribution >= 4 is 11.9 Å². The molecule has 3 aromatic rings. The Morgan fingerprint density at radius 3 is 2.64 bits per heavy atom. The molecule has 0 aliphatic rings. The first-order valence-electron chi connectivity index (χ1n) is 9.13. The van der Waals surface area contributed by atoms with Gasteiger partial charge >= 0.3 is 0 Å². The van der Waals surface area contributed by atoms with Gasteiger partial charge in [0.15, 0.2) is 0 Å². The minimum Gasteiger partial charge on any atom is -0.487 e. The Labute approximate surface area is 164 Å². The molecule has 1 atom stereocenters. The number of benzene rings is 1. The van der Waals surface area contributed by atoms with Crippen molar-refractivity contribution in [3.8, 4) is 5.75 Å². The van der Waals surface area contributed by atoms with Crippen molar-refractivity contribution in [2.24, 2.45) is 0 Å². The van der Waals surface area contributed by atoms with Gasteiger partial charge in [-0.3, -0.25) is 9.78 Å². The zero-order chi connectivity index (χ0) is 19.6. The highest BCUT2D eigenvalue weighted by Gasteiger charge is 2.10. The third kappa shape index (κ3) is 6.05. The standard InChI is InChI=1S/C21H23N5O2/c1-16(26-20(27)9-13-25-21-23-11-5-12-24-21)17-6-4-8-19(14-17)28-15-18-7-2-3-10-22-18/h2-8,10-12,14,16H,9,13,15H2,1H3,(H,26,27)(H,23,24,25). The minimum atomic E-state index is -0.126. The normalized spacial score (nSPS) is 11.5. The van der Waals surface area contributed by atoms with Crippen molar-refractivity contribution in [1.82, 2.24) is 20.3 Å². The van der Waals surface area contributed by atoms with E-state index in [0.29, 0.717) is 25.5 Å². The molecule has 144 valence electrons. The number of aromatic nitrogens is 3. The number of ether oxygens (including phenoxy) is 1. The summed E-state index contributed by atoms with van der Waals surface area (Å²) in [5.41, 5.74) is 1.84. The van der Waals surface area contributed by atoms with E-state index >= 15 is 0 Å². The smallest absolute Gasteiger partial charge is 0.222 e. The van der Waals surface area contributed by atoms with Gasteiger partial charge in [-0.1, -0.05) is 18.2 Å². The summed E-state index contributed by atoms with van der Waals surface area (Å²) in [6.07, 6.45) is 5.38. The van der Waals surface area contributed by atoms with Gasteiger partial charge in [-0.15, -0.1) is 0 Å². The lowest BCUT2D eigenvalue weighted by molar-refractivity contribution is -0.121. The Balaban J connectivity index is 1.46. The van der Waals surface area contributed by atoms with Crippen LogP contribution in [-0.2, 0) is 11.4 Å². The Bertz CT molecular complexity index is 874. The van der Waals surface area contributed by atoms with Crippen LogP contribution in [0.5, 0.6) is 5.75 Å². The summed E-state index contributed by atoms with van der Waals surface area (Å²) in [6, 6.07) is 15.0. The molecule has 0 aliphatic heterocycles. The molecule has 7 heteroatoms. The minimum absolute atomic E-state index is 0.0456. The maximum Gasteiger partial charge on any atom is 0.222 e. The number of anilines is 1. The quantitative estimate of drug-likeness (QED) is 0.596. The largest absolute Gasteiger partial charge is 0.487 e. The Morgan fingerprint density at radius 1 is 1.04 bits per heavy atom. The van der Waals surface area contributed by atoms with Crippen LogP contribution in [0.25, 0.3) is 0 Å². The van der Waals surface area contributed by atoms with Crippen LogP contribution in [0.4, 0.5) is 5.95 Å². The van der Waals surface area contributed by atoms with E-state index in [0.717, 1.165) is 17.0 Å². The molecule has 2 aromatic heterocycles. The molecule has 0 bridgehead atoms. The number of rotatable bonds is 9. The van der Waals surface area contributed by atoms with Crippen molar-refractivity contribution in [1.29, 1.82) is 0 Å². The summed E-state index contributed by atoms with van der Waals surface area (Å²) in [6.45, 7) is 2.82. The van der Waals surface area contributed by atoms with Crippen molar-refractivity contribution in [3.63, 3.8) is 0 Å². The second kappa shape index (κ2) is 10.0. The predicted molar refractivity (Wildman–Crippen MR) is 107 cm³/mol. The fraction of sp³-hybridized carbons (Fsp3) is 0.238. The molecule has 0 aliphatic carbocycles. The van der Waals surface area contributed by atoms with E-state index in [9.17, 15) is 4.79 Å². The van der Waals surface area contributed by atoms with E-state index in [2.05, 4.69) is 25.6 Å². The van der Waals surface area contributed by atoms with E-state index in [4.69, 9.17) is 4.74 Å². The molecule has 0 saturated heterocycles. The lowest BCUT2D eigenvalue weighted by atomic mass is 10.1. The van der Waals surface area contributed by atoms with Crippen LogP contribution in [0.1, 0.15) is 30.6 Å². The predicted octanol–water partition coefficient (Wildman–Crippen LogP) is 3.13. The molecule has 0 radical (unpaired) electrons. The number of amides is 1. The van der Waals surface area contributed by atoms with Crippen LogP contribution in [0.3, 0.4) is 0 Å². The van der Waals surface area contributed by atoms with Crippen LogP contribution < -0.4 is 15.4 Å². The van der Waals surface area contributed by atoms with Crippen LogP contribution >= 0.6 is 0 Å². The average Bonchev–Trinajstić information content (AvgIpc) is 2.74. The molecule has 28 heavy (non-hydrogen) atoms. The van der Waals surface area contributed by atoms with Crippen molar-refractivity contribution in [3.05, 3.63) is 78.4 Å². The lowest BCUT2D eigenvalue weighted by Gasteiger charge is -2.16. The topological polar surface area (TPSA) is 89.0 Å². The van der Waals surface area contributed by atoms with Gasteiger partial charge in [0.05, 0.1) is 11.7 Å². The molecule has 3 rings (SSSR count). The number of pyridine rings is 1. The highest BCUT2D eigenvalue weighted by Crippen LogP contribution is 2.20. The second-order valence-corrected chi connectivity index (χ2v) is 6.22. The van der Waals surface area contributed by atoms with Gasteiger partial charge in [-0.25, -0.2) is 9.97 Å². The number of hydrogen-bond donors (Lipinski definition) is 2. The molecule has 0 saturated carbocycles. The highest BCUT2D eigenvalue weighted by atomic mass is 16.5. The van der Waals surface area contributed by atoms with Crippen molar-refractivity contribution in [2.75, 3.05) is 11.9 Å². The van der Waals surface area contributed by atoms with Gasteiger partial charge in [0.2, 0.25) is 11.9 Å². The summed E-state index contributed by atoms with van der Waals surface area (Å²) >= 11 is 0. The van der Waals surface area contributed by atoms with E-state index in [1.54, 1.807) is 24.7 Å². The molecule has 2 N–H and O–H groups in total. The lowest BCUT2D eigenvalue weighted by Crippen LogP contribution is -2.28. The molecule has 0 fully saturated rings. The first-order valence-corrected chi connectivity index (χ1v) is 9.13. The Kier molecular flexibility index (Phi) is 6.89. The summed E-state index contributed by atoms with van der Waals surface area (Å²) in [7, 11) is 0. The summed E-state index contributed by atoms with van der Waals surface area (Å²) in [5, 5.41) is 6.02. The first kappa shape index (κ1) is 19.3. The van der Waals surface area contributed by atoms with Gasteiger partial charge in [0.1, 0.15) is 12.4 Å². The van der Waals surface area contributed by atoms with E-state index in [-0.39, 0.29) is 11.9 Å². The SMILES string of the molecule is CC(NC(=O)CCNc1ncccn1)c1cccc(OCc2ccccn2)c1. The number of hydrogen-bond acceptors (Lipinski definition) is 6. The molecule has 0 spiro atoms. The number of nitrogens with zero attached hydrogens (tertiary/aromatic N) is 3. The summed E-state index contributed by atoms with van der Waals surface area (Å²) in [5.74, 6) is 1.21. The van der Waals surface area contributed by atoms with E-state index in [1.165, 1.54) is 0 Å². The second-order valence-electron chi connectivity index (χ2n) is 6.22. The molecular weight excluding hydrogens is 354 g/mol.